The predicted octanol–water partition coefficient (Wildman–Crippen LogP) is 4.99. The van der Waals surface area contributed by atoms with Gasteiger partial charge in [-0.05, 0) is 36.2 Å². The number of nitrogens with one attached hydrogen (secondary N) is 1. The van der Waals surface area contributed by atoms with Gasteiger partial charge in [0.05, 0.1) is 11.1 Å². The van der Waals surface area contributed by atoms with Crippen LogP contribution in [0, 0.1) is 0 Å². The number of anilines is 1. The molecule has 4 rings (SSSR count). The fourth-order valence-electron chi connectivity index (χ4n) is 3.92. The Bertz CT molecular complexity index is 1010. The molecular weight excluding hydrogens is 346 g/mol. The van der Waals surface area contributed by atoms with E-state index in [4.69, 9.17) is 4.98 Å². The predicted molar refractivity (Wildman–Crippen MR) is 115 cm³/mol. The van der Waals surface area contributed by atoms with Gasteiger partial charge in [-0.15, -0.1) is 0 Å². The fraction of sp³-hybridized carbons (Fsp3) is 0.333. The molecule has 2 aromatic carbocycles. The molecule has 1 aromatic heterocycles. The SMILES string of the molecule is CCN1CCc2nc3ccccc3c(C(=O)Nc3ccc(C(C)C)cc3)c2C1. The summed E-state index contributed by atoms with van der Waals surface area (Å²) in [6.07, 6.45) is 0.886. The zero-order valence-electron chi connectivity index (χ0n) is 16.8. The number of fused-ring (bicyclic) bond motifs is 2. The average Bonchev–Trinajstić information content (AvgIpc) is 2.71. The molecule has 28 heavy (non-hydrogen) atoms. The second-order valence-electron chi connectivity index (χ2n) is 7.78. The van der Waals surface area contributed by atoms with Gasteiger partial charge < -0.3 is 5.32 Å². The van der Waals surface area contributed by atoms with Crippen molar-refractivity contribution in [2.24, 2.45) is 0 Å². The largest absolute Gasteiger partial charge is 0.322 e. The van der Waals surface area contributed by atoms with Crippen LogP contribution in [0.1, 0.15) is 53.9 Å². The topological polar surface area (TPSA) is 45.2 Å². The maximum Gasteiger partial charge on any atom is 0.256 e. The molecule has 0 bridgehead atoms. The average molecular weight is 374 g/mol. The van der Waals surface area contributed by atoms with Crippen LogP contribution in [0.4, 0.5) is 5.69 Å². The minimum atomic E-state index is -0.0508. The van der Waals surface area contributed by atoms with E-state index >= 15 is 0 Å². The van der Waals surface area contributed by atoms with Crippen molar-refractivity contribution in [1.29, 1.82) is 0 Å². The summed E-state index contributed by atoms with van der Waals surface area (Å²) in [6.45, 7) is 9.25. The van der Waals surface area contributed by atoms with E-state index in [-0.39, 0.29) is 5.91 Å². The van der Waals surface area contributed by atoms with Crippen LogP contribution in [0.25, 0.3) is 10.9 Å². The van der Waals surface area contributed by atoms with Crippen molar-refractivity contribution in [3.63, 3.8) is 0 Å². The van der Waals surface area contributed by atoms with Crippen molar-refractivity contribution in [1.82, 2.24) is 9.88 Å². The highest BCUT2D eigenvalue weighted by atomic mass is 16.1. The number of rotatable bonds is 4. The molecule has 0 fully saturated rings. The Hall–Kier alpha value is -2.72. The Morgan fingerprint density at radius 1 is 1.14 bits per heavy atom. The number of aromatic nitrogens is 1. The molecule has 0 spiro atoms. The summed E-state index contributed by atoms with van der Waals surface area (Å²) in [7, 11) is 0. The van der Waals surface area contributed by atoms with Gasteiger partial charge in [-0.3, -0.25) is 14.7 Å². The Labute approximate surface area is 166 Å². The van der Waals surface area contributed by atoms with Crippen LogP contribution in [-0.2, 0) is 13.0 Å². The highest BCUT2D eigenvalue weighted by Crippen LogP contribution is 2.29. The lowest BCUT2D eigenvalue weighted by Gasteiger charge is -2.29. The summed E-state index contributed by atoms with van der Waals surface area (Å²) in [5.74, 6) is 0.422. The first-order chi connectivity index (χ1) is 13.6. The second kappa shape index (κ2) is 7.72. The molecule has 4 heteroatoms. The number of hydrogen-bond acceptors (Lipinski definition) is 3. The Kier molecular flexibility index (Phi) is 5.14. The quantitative estimate of drug-likeness (QED) is 0.701. The first kappa shape index (κ1) is 18.6. The van der Waals surface area contributed by atoms with Crippen LogP contribution in [0.3, 0.4) is 0 Å². The first-order valence-electron chi connectivity index (χ1n) is 10.1. The van der Waals surface area contributed by atoms with E-state index in [1.54, 1.807) is 0 Å². The molecule has 144 valence electrons. The number of benzene rings is 2. The standard InChI is InChI=1S/C24H27N3O/c1-4-27-14-13-22-20(15-27)23(19-7-5-6-8-21(19)26-22)24(28)25-18-11-9-17(10-12-18)16(2)3/h5-12,16H,4,13-15H2,1-3H3,(H,25,28). The fourth-order valence-corrected chi connectivity index (χ4v) is 3.92. The third-order valence-electron chi connectivity index (χ3n) is 5.63. The summed E-state index contributed by atoms with van der Waals surface area (Å²) >= 11 is 0. The molecule has 1 N–H and O–H groups in total. The van der Waals surface area contributed by atoms with Crippen molar-refractivity contribution < 1.29 is 4.79 Å². The molecule has 2 heterocycles. The third kappa shape index (κ3) is 3.52. The van der Waals surface area contributed by atoms with E-state index in [1.807, 2.05) is 36.4 Å². The molecule has 0 atom stereocenters. The molecule has 0 unspecified atom stereocenters. The maximum absolute atomic E-state index is 13.4. The lowest BCUT2D eigenvalue weighted by atomic mass is 9.95. The molecule has 0 radical (unpaired) electrons. The van der Waals surface area contributed by atoms with Gasteiger partial charge in [-0.1, -0.05) is 51.1 Å². The summed E-state index contributed by atoms with van der Waals surface area (Å²) in [5, 5.41) is 4.04. The van der Waals surface area contributed by atoms with Crippen molar-refractivity contribution >= 4 is 22.5 Å². The number of likely N-dealkylation sites (N-methyl/N-ethyl adjacent to an activating group) is 1. The molecule has 3 aromatic rings. The monoisotopic (exact) mass is 373 g/mol. The number of amides is 1. The number of para-hydroxylation sites is 1. The number of pyridine rings is 1. The van der Waals surface area contributed by atoms with Crippen molar-refractivity contribution in [2.75, 3.05) is 18.4 Å². The first-order valence-corrected chi connectivity index (χ1v) is 10.1. The Morgan fingerprint density at radius 2 is 1.89 bits per heavy atom. The molecule has 1 aliphatic rings. The van der Waals surface area contributed by atoms with Gasteiger partial charge in [0.2, 0.25) is 0 Å². The third-order valence-corrected chi connectivity index (χ3v) is 5.63. The van der Waals surface area contributed by atoms with Crippen LogP contribution in [0.5, 0.6) is 0 Å². The van der Waals surface area contributed by atoms with Crippen LogP contribution >= 0.6 is 0 Å². The molecular formula is C24H27N3O. The second-order valence-corrected chi connectivity index (χ2v) is 7.78. The molecule has 0 saturated heterocycles. The van der Waals surface area contributed by atoms with Gasteiger partial charge in [0.15, 0.2) is 0 Å². The van der Waals surface area contributed by atoms with E-state index in [9.17, 15) is 4.79 Å². The molecule has 0 aliphatic carbocycles. The molecule has 4 nitrogen and oxygen atoms in total. The zero-order chi connectivity index (χ0) is 19.7. The highest BCUT2D eigenvalue weighted by molar-refractivity contribution is 6.13. The number of nitrogens with zero attached hydrogens (tertiary/aromatic N) is 2. The lowest BCUT2D eigenvalue weighted by molar-refractivity contribution is 0.102. The Balaban J connectivity index is 1.75. The number of carbonyl (C=O) groups is 1. The summed E-state index contributed by atoms with van der Waals surface area (Å²) in [5.41, 5.74) is 5.89. The van der Waals surface area contributed by atoms with Crippen LogP contribution in [-0.4, -0.2) is 28.9 Å². The van der Waals surface area contributed by atoms with Crippen molar-refractivity contribution in [3.8, 4) is 0 Å². The van der Waals surface area contributed by atoms with Gasteiger partial charge >= 0.3 is 0 Å². The van der Waals surface area contributed by atoms with Gasteiger partial charge in [-0.25, -0.2) is 0 Å². The smallest absolute Gasteiger partial charge is 0.256 e. The van der Waals surface area contributed by atoms with Gasteiger partial charge in [0, 0.05) is 41.8 Å². The van der Waals surface area contributed by atoms with E-state index in [0.717, 1.165) is 59.5 Å². The van der Waals surface area contributed by atoms with E-state index in [1.165, 1.54) is 5.56 Å². The highest BCUT2D eigenvalue weighted by Gasteiger charge is 2.25. The van der Waals surface area contributed by atoms with E-state index in [0.29, 0.717) is 5.92 Å². The minimum absolute atomic E-state index is 0.0508. The lowest BCUT2D eigenvalue weighted by Crippen LogP contribution is -2.33. The van der Waals surface area contributed by atoms with E-state index < -0.39 is 0 Å². The number of hydrogen-bond donors (Lipinski definition) is 1. The Morgan fingerprint density at radius 3 is 2.61 bits per heavy atom. The van der Waals surface area contributed by atoms with Crippen LogP contribution in [0.2, 0.25) is 0 Å². The molecule has 1 aliphatic heterocycles. The van der Waals surface area contributed by atoms with Crippen LogP contribution in [0.15, 0.2) is 48.5 Å². The normalized spacial score (nSPS) is 14.3. The van der Waals surface area contributed by atoms with Gasteiger partial charge in [0.25, 0.3) is 5.91 Å². The van der Waals surface area contributed by atoms with Gasteiger partial charge in [0.1, 0.15) is 0 Å². The summed E-state index contributed by atoms with van der Waals surface area (Å²) < 4.78 is 0. The number of carbonyl (C=O) groups excluding carboxylic acids is 1. The maximum atomic E-state index is 13.4. The van der Waals surface area contributed by atoms with Gasteiger partial charge in [-0.2, -0.15) is 0 Å². The van der Waals surface area contributed by atoms with E-state index in [2.05, 4.69) is 43.1 Å². The summed E-state index contributed by atoms with van der Waals surface area (Å²) in [4.78, 5) is 20.6. The van der Waals surface area contributed by atoms with Crippen molar-refractivity contribution in [3.05, 3.63) is 70.9 Å². The van der Waals surface area contributed by atoms with Crippen molar-refractivity contribution in [2.45, 2.75) is 39.7 Å². The summed E-state index contributed by atoms with van der Waals surface area (Å²) in [6, 6.07) is 16.1. The molecule has 0 saturated carbocycles. The molecule has 1 amide bonds. The minimum Gasteiger partial charge on any atom is -0.322 e. The zero-order valence-corrected chi connectivity index (χ0v) is 16.8. The van der Waals surface area contributed by atoms with Crippen LogP contribution < -0.4 is 5.32 Å².